The molecule has 0 saturated carbocycles. The fourth-order valence-corrected chi connectivity index (χ4v) is 3.72. The van der Waals surface area contributed by atoms with Gasteiger partial charge in [0.15, 0.2) is 11.6 Å². The van der Waals surface area contributed by atoms with Crippen molar-refractivity contribution in [1.82, 2.24) is 0 Å². The van der Waals surface area contributed by atoms with Crippen LogP contribution in [-0.2, 0) is 18.6 Å². The Labute approximate surface area is 152 Å². The standard InChI is InChI=1S/C23H21FO2/c24-21-13-12-19(15-22(21)26-16-17-7-2-1-3-8-17)23(25)14-6-10-18-9-4-5-11-20(18)23/h1-5,7-9,11-13,15,25H,6,10,14,16H2. The van der Waals surface area contributed by atoms with Crippen LogP contribution in [0.3, 0.4) is 0 Å². The number of rotatable bonds is 4. The first-order chi connectivity index (χ1) is 12.7. The summed E-state index contributed by atoms with van der Waals surface area (Å²) < 4.78 is 20.0. The van der Waals surface area contributed by atoms with Crippen molar-refractivity contribution in [3.63, 3.8) is 0 Å². The van der Waals surface area contributed by atoms with Gasteiger partial charge in [0.1, 0.15) is 12.2 Å². The maximum Gasteiger partial charge on any atom is 0.165 e. The van der Waals surface area contributed by atoms with Crippen LogP contribution in [0.5, 0.6) is 5.75 Å². The summed E-state index contributed by atoms with van der Waals surface area (Å²) in [4.78, 5) is 0. The van der Waals surface area contributed by atoms with Gasteiger partial charge in [-0.1, -0.05) is 60.7 Å². The van der Waals surface area contributed by atoms with Gasteiger partial charge in [0, 0.05) is 0 Å². The van der Waals surface area contributed by atoms with Gasteiger partial charge in [0.2, 0.25) is 0 Å². The second-order valence-corrected chi connectivity index (χ2v) is 6.79. The van der Waals surface area contributed by atoms with Crippen LogP contribution in [0.25, 0.3) is 0 Å². The molecule has 0 spiro atoms. The molecule has 3 aromatic carbocycles. The molecule has 0 bridgehead atoms. The Morgan fingerprint density at radius 2 is 1.73 bits per heavy atom. The molecular formula is C23H21FO2. The van der Waals surface area contributed by atoms with E-state index in [2.05, 4.69) is 6.07 Å². The number of ether oxygens (including phenoxy) is 1. The summed E-state index contributed by atoms with van der Waals surface area (Å²) in [6.07, 6.45) is 2.47. The zero-order valence-corrected chi connectivity index (χ0v) is 14.5. The topological polar surface area (TPSA) is 29.5 Å². The lowest BCUT2D eigenvalue weighted by Gasteiger charge is -2.35. The van der Waals surface area contributed by atoms with Gasteiger partial charge in [-0.05, 0) is 53.6 Å². The molecule has 132 valence electrons. The van der Waals surface area contributed by atoms with Crippen molar-refractivity contribution in [3.05, 3.63) is 101 Å². The lowest BCUT2D eigenvalue weighted by molar-refractivity contribution is 0.0611. The van der Waals surface area contributed by atoms with Crippen LogP contribution in [0, 0.1) is 5.82 Å². The third-order valence-electron chi connectivity index (χ3n) is 5.09. The first kappa shape index (κ1) is 16.8. The molecule has 1 atom stereocenters. The summed E-state index contributed by atoms with van der Waals surface area (Å²) >= 11 is 0. The molecule has 1 N–H and O–H groups in total. The molecule has 1 aliphatic rings. The van der Waals surface area contributed by atoms with E-state index in [1.807, 2.05) is 48.5 Å². The van der Waals surface area contributed by atoms with E-state index in [4.69, 9.17) is 4.74 Å². The number of benzene rings is 3. The highest BCUT2D eigenvalue weighted by molar-refractivity contribution is 5.45. The first-order valence-corrected chi connectivity index (χ1v) is 8.94. The zero-order chi connectivity index (χ0) is 18.0. The van der Waals surface area contributed by atoms with Crippen molar-refractivity contribution in [2.75, 3.05) is 0 Å². The molecule has 0 aliphatic heterocycles. The minimum atomic E-state index is -1.10. The number of fused-ring (bicyclic) bond motifs is 1. The molecule has 3 aromatic rings. The number of hydrogen-bond acceptors (Lipinski definition) is 2. The van der Waals surface area contributed by atoms with Gasteiger partial charge in [0.25, 0.3) is 0 Å². The predicted molar refractivity (Wildman–Crippen MR) is 99.6 cm³/mol. The van der Waals surface area contributed by atoms with Crippen molar-refractivity contribution in [1.29, 1.82) is 0 Å². The molecule has 0 aromatic heterocycles. The molecule has 4 rings (SSSR count). The predicted octanol–water partition coefficient (Wildman–Crippen LogP) is 4.98. The van der Waals surface area contributed by atoms with E-state index < -0.39 is 11.4 Å². The summed E-state index contributed by atoms with van der Waals surface area (Å²) in [5.41, 5.74) is 2.60. The van der Waals surface area contributed by atoms with E-state index in [-0.39, 0.29) is 12.4 Å². The Kier molecular flexibility index (Phi) is 4.48. The minimum Gasteiger partial charge on any atom is -0.486 e. The first-order valence-electron chi connectivity index (χ1n) is 8.94. The molecule has 0 amide bonds. The molecule has 0 heterocycles. The van der Waals surface area contributed by atoms with Crippen LogP contribution in [0.15, 0.2) is 72.8 Å². The van der Waals surface area contributed by atoms with Crippen molar-refractivity contribution in [2.45, 2.75) is 31.5 Å². The van der Waals surface area contributed by atoms with Crippen LogP contribution in [0.4, 0.5) is 4.39 Å². The van der Waals surface area contributed by atoms with Gasteiger partial charge in [-0.3, -0.25) is 0 Å². The second kappa shape index (κ2) is 6.93. The SMILES string of the molecule is OC1(c2ccc(F)c(OCc3ccccc3)c2)CCCc2ccccc21. The minimum absolute atomic E-state index is 0.169. The summed E-state index contributed by atoms with van der Waals surface area (Å²) in [6.45, 7) is 0.288. The highest BCUT2D eigenvalue weighted by Crippen LogP contribution is 2.41. The van der Waals surface area contributed by atoms with Gasteiger partial charge >= 0.3 is 0 Å². The molecular weight excluding hydrogens is 327 g/mol. The Hall–Kier alpha value is -2.65. The Bertz CT molecular complexity index is 907. The summed E-state index contributed by atoms with van der Waals surface area (Å²) in [5.74, 6) is -0.250. The number of aryl methyl sites for hydroxylation is 1. The average molecular weight is 348 g/mol. The molecule has 0 fully saturated rings. The maximum atomic E-state index is 14.3. The highest BCUT2D eigenvalue weighted by Gasteiger charge is 2.36. The van der Waals surface area contributed by atoms with Gasteiger partial charge in [-0.15, -0.1) is 0 Å². The largest absolute Gasteiger partial charge is 0.486 e. The molecule has 1 unspecified atom stereocenters. The number of aliphatic hydroxyl groups is 1. The Morgan fingerprint density at radius 3 is 2.58 bits per heavy atom. The molecule has 1 aliphatic carbocycles. The third kappa shape index (κ3) is 3.11. The van der Waals surface area contributed by atoms with E-state index in [0.29, 0.717) is 12.0 Å². The molecule has 0 radical (unpaired) electrons. The molecule has 26 heavy (non-hydrogen) atoms. The molecule has 3 heteroatoms. The number of halogens is 1. The van der Waals surface area contributed by atoms with Gasteiger partial charge in [-0.25, -0.2) is 4.39 Å². The van der Waals surface area contributed by atoms with Crippen LogP contribution in [-0.4, -0.2) is 5.11 Å². The zero-order valence-electron chi connectivity index (χ0n) is 14.5. The lowest BCUT2D eigenvalue weighted by Crippen LogP contribution is -2.32. The van der Waals surface area contributed by atoms with Crippen molar-refractivity contribution in [3.8, 4) is 5.75 Å². The van der Waals surface area contributed by atoms with Crippen LogP contribution in [0.1, 0.15) is 35.1 Å². The van der Waals surface area contributed by atoms with Crippen molar-refractivity contribution < 1.29 is 14.2 Å². The number of hydrogen-bond donors (Lipinski definition) is 1. The van der Waals surface area contributed by atoms with E-state index in [1.54, 1.807) is 12.1 Å². The molecule has 2 nitrogen and oxygen atoms in total. The van der Waals surface area contributed by atoms with Gasteiger partial charge < -0.3 is 9.84 Å². The van der Waals surface area contributed by atoms with Gasteiger partial charge in [-0.2, -0.15) is 0 Å². The fraction of sp³-hybridized carbons (Fsp3) is 0.217. The molecule has 0 saturated heterocycles. The van der Waals surface area contributed by atoms with E-state index in [9.17, 15) is 9.50 Å². The summed E-state index contributed by atoms with van der Waals surface area (Å²) in [6, 6.07) is 22.3. The van der Waals surface area contributed by atoms with E-state index in [0.717, 1.165) is 29.5 Å². The quantitative estimate of drug-likeness (QED) is 0.721. The average Bonchev–Trinajstić information content (AvgIpc) is 2.68. The fourth-order valence-electron chi connectivity index (χ4n) is 3.72. The maximum absolute atomic E-state index is 14.3. The summed E-state index contributed by atoms with van der Waals surface area (Å²) in [5, 5.41) is 11.4. The smallest absolute Gasteiger partial charge is 0.165 e. The van der Waals surface area contributed by atoms with Crippen LogP contribution in [0.2, 0.25) is 0 Å². The highest BCUT2D eigenvalue weighted by atomic mass is 19.1. The summed E-state index contributed by atoms with van der Waals surface area (Å²) in [7, 11) is 0. The van der Waals surface area contributed by atoms with E-state index in [1.165, 1.54) is 6.07 Å². The third-order valence-corrected chi connectivity index (χ3v) is 5.09. The monoisotopic (exact) mass is 348 g/mol. The Balaban J connectivity index is 1.66. The van der Waals surface area contributed by atoms with Crippen molar-refractivity contribution in [2.24, 2.45) is 0 Å². The lowest BCUT2D eigenvalue weighted by atomic mass is 9.75. The van der Waals surface area contributed by atoms with E-state index >= 15 is 0 Å². The van der Waals surface area contributed by atoms with Crippen molar-refractivity contribution >= 4 is 0 Å². The van der Waals surface area contributed by atoms with Crippen LogP contribution >= 0.6 is 0 Å². The Morgan fingerprint density at radius 1 is 0.962 bits per heavy atom. The second-order valence-electron chi connectivity index (χ2n) is 6.79. The van der Waals surface area contributed by atoms with Gasteiger partial charge in [0.05, 0.1) is 0 Å². The normalized spacial score (nSPS) is 19.0. The van der Waals surface area contributed by atoms with Crippen LogP contribution < -0.4 is 4.74 Å².